The summed E-state index contributed by atoms with van der Waals surface area (Å²) in [7, 11) is 0. The Labute approximate surface area is 89.0 Å². The van der Waals surface area contributed by atoms with Crippen molar-refractivity contribution < 1.29 is 14.6 Å². The molecule has 0 atom stereocenters. The van der Waals surface area contributed by atoms with Crippen LogP contribution in [0.15, 0.2) is 30.4 Å². The van der Waals surface area contributed by atoms with Gasteiger partial charge in [-0.2, -0.15) is 0 Å². The molecule has 1 aromatic carbocycles. The van der Waals surface area contributed by atoms with Crippen molar-refractivity contribution in [3.05, 3.63) is 41.5 Å². The molecule has 0 aliphatic heterocycles. The molecule has 80 valence electrons. The van der Waals surface area contributed by atoms with E-state index in [-0.39, 0.29) is 6.61 Å². The first-order valence-electron chi connectivity index (χ1n) is 4.69. The highest BCUT2D eigenvalue weighted by Crippen LogP contribution is 2.21. The van der Waals surface area contributed by atoms with Gasteiger partial charge in [-0.05, 0) is 31.1 Å². The third kappa shape index (κ3) is 3.46. The smallest absolute Gasteiger partial charge is 0.328 e. The molecule has 15 heavy (non-hydrogen) atoms. The molecule has 0 aliphatic rings. The first kappa shape index (κ1) is 11.3. The summed E-state index contributed by atoms with van der Waals surface area (Å²) >= 11 is 0. The Balaban J connectivity index is 2.61. The van der Waals surface area contributed by atoms with E-state index in [1.807, 2.05) is 32.0 Å². The molecule has 0 bridgehead atoms. The predicted octanol–water partition coefficient (Wildman–Crippen LogP) is 2.32. The molecular weight excluding hydrogens is 192 g/mol. The molecule has 1 aromatic rings. The number of rotatable bonds is 4. The number of hydrogen-bond donors (Lipinski definition) is 1. The highest BCUT2D eigenvalue weighted by Gasteiger charge is 2.01. The van der Waals surface area contributed by atoms with Crippen LogP contribution in [0.3, 0.4) is 0 Å². The first-order chi connectivity index (χ1) is 7.11. The molecule has 0 aliphatic carbocycles. The second kappa shape index (κ2) is 5.20. The van der Waals surface area contributed by atoms with E-state index in [1.54, 1.807) is 0 Å². The third-order valence-corrected chi connectivity index (χ3v) is 1.99. The van der Waals surface area contributed by atoms with Gasteiger partial charge in [0.25, 0.3) is 0 Å². The topological polar surface area (TPSA) is 46.5 Å². The fraction of sp³-hybridized carbons (Fsp3) is 0.250. The third-order valence-electron chi connectivity index (χ3n) is 1.99. The Bertz CT molecular complexity index is 360. The minimum Gasteiger partial charge on any atom is -0.489 e. The van der Waals surface area contributed by atoms with Gasteiger partial charge in [0.05, 0.1) is 0 Å². The standard InChI is InChI=1S/C12H14O3/c1-9-5-3-6-10(2)12(9)15-8-4-7-11(13)14/h3-7H,8H2,1-2H3,(H,13,14). The fourth-order valence-corrected chi connectivity index (χ4v) is 1.31. The number of benzene rings is 1. The maximum Gasteiger partial charge on any atom is 0.328 e. The Morgan fingerprint density at radius 2 is 2.00 bits per heavy atom. The summed E-state index contributed by atoms with van der Waals surface area (Å²) < 4.78 is 5.47. The quantitative estimate of drug-likeness (QED) is 0.769. The number of ether oxygens (including phenoxy) is 1. The molecule has 0 fully saturated rings. The lowest BCUT2D eigenvalue weighted by Crippen LogP contribution is -1.98. The molecule has 0 unspecified atom stereocenters. The van der Waals surface area contributed by atoms with Crippen molar-refractivity contribution in [1.29, 1.82) is 0 Å². The Hall–Kier alpha value is -1.77. The van der Waals surface area contributed by atoms with Gasteiger partial charge in [0.1, 0.15) is 12.4 Å². The molecule has 0 aromatic heterocycles. The van der Waals surface area contributed by atoms with Crippen molar-refractivity contribution in [3.63, 3.8) is 0 Å². The van der Waals surface area contributed by atoms with Gasteiger partial charge in [0.15, 0.2) is 0 Å². The normalized spacial score (nSPS) is 10.5. The van der Waals surface area contributed by atoms with Crippen LogP contribution in [0.4, 0.5) is 0 Å². The molecule has 1 N–H and O–H groups in total. The van der Waals surface area contributed by atoms with Gasteiger partial charge in [-0.25, -0.2) is 4.79 Å². The highest BCUT2D eigenvalue weighted by molar-refractivity contribution is 5.79. The van der Waals surface area contributed by atoms with Gasteiger partial charge in [0.2, 0.25) is 0 Å². The van der Waals surface area contributed by atoms with Crippen molar-refractivity contribution in [1.82, 2.24) is 0 Å². The van der Waals surface area contributed by atoms with Crippen molar-refractivity contribution in [2.24, 2.45) is 0 Å². The predicted molar refractivity (Wildman–Crippen MR) is 58.2 cm³/mol. The summed E-state index contributed by atoms with van der Waals surface area (Å²) in [5.41, 5.74) is 2.11. The average Bonchev–Trinajstić information content (AvgIpc) is 2.15. The molecule has 3 heteroatoms. The highest BCUT2D eigenvalue weighted by atomic mass is 16.5. The van der Waals surface area contributed by atoms with Crippen molar-refractivity contribution in [3.8, 4) is 5.75 Å². The molecular formula is C12H14O3. The summed E-state index contributed by atoms with van der Waals surface area (Å²) in [6, 6.07) is 5.89. The maximum absolute atomic E-state index is 10.2. The summed E-state index contributed by atoms with van der Waals surface area (Å²) in [5, 5.41) is 8.38. The second-order valence-corrected chi connectivity index (χ2v) is 3.27. The molecule has 0 heterocycles. The number of carbonyl (C=O) groups is 1. The fourth-order valence-electron chi connectivity index (χ4n) is 1.31. The summed E-state index contributed by atoms with van der Waals surface area (Å²) in [6.45, 7) is 4.20. The summed E-state index contributed by atoms with van der Waals surface area (Å²) in [5.74, 6) is -0.132. The number of aryl methyl sites for hydroxylation is 2. The zero-order valence-corrected chi connectivity index (χ0v) is 8.86. The van der Waals surface area contributed by atoms with Crippen molar-refractivity contribution in [2.45, 2.75) is 13.8 Å². The van der Waals surface area contributed by atoms with Crippen LogP contribution in [0.5, 0.6) is 5.75 Å². The SMILES string of the molecule is Cc1cccc(C)c1OCC=CC(=O)O. The molecule has 0 radical (unpaired) electrons. The van der Waals surface area contributed by atoms with E-state index in [4.69, 9.17) is 9.84 Å². The van der Waals surface area contributed by atoms with E-state index in [9.17, 15) is 4.79 Å². The Kier molecular flexibility index (Phi) is 3.92. The molecule has 0 saturated carbocycles. The molecule has 1 rings (SSSR count). The van der Waals surface area contributed by atoms with Crippen LogP contribution >= 0.6 is 0 Å². The Morgan fingerprint density at radius 3 is 2.53 bits per heavy atom. The van der Waals surface area contributed by atoms with E-state index in [0.717, 1.165) is 23.0 Å². The van der Waals surface area contributed by atoms with Crippen LogP contribution in [0, 0.1) is 13.8 Å². The lowest BCUT2D eigenvalue weighted by atomic mass is 10.1. The molecule has 0 saturated heterocycles. The van der Waals surface area contributed by atoms with Crippen molar-refractivity contribution >= 4 is 5.97 Å². The van der Waals surface area contributed by atoms with E-state index >= 15 is 0 Å². The molecule has 3 nitrogen and oxygen atoms in total. The van der Waals surface area contributed by atoms with E-state index in [0.29, 0.717) is 0 Å². The Morgan fingerprint density at radius 1 is 1.40 bits per heavy atom. The molecule has 0 spiro atoms. The zero-order valence-electron chi connectivity index (χ0n) is 8.86. The van der Waals surface area contributed by atoms with Crippen molar-refractivity contribution in [2.75, 3.05) is 6.61 Å². The van der Waals surface area contributed by atoms with Gasteiger partial charge in [-0.15, -0.1) is 0 Å². The van der Waals surface area contributed by atoms with Crippen LogP contribution in [-0.4, -0.2) is 17.7 Å². The number of aliphatic carboxylic acids is 1. The van der Waals surface area contributed by atoms with Crippen LogP contribution < -0.4 is 4.74 Å². The van der Waals surface area contributed by atoms with Crippen LogP contribution in [-0.2, 0) is 4.79 Å². The number of carboxylic acid groups (broad SMARTS) is 1. The minimum atomic E-state index is -0.958. The second-order valence-electron chi connectivity index (χ2n) is 3.27. The number of para-hydroxylation sites is 1. The van der Waals surface area contributed by atoms with Gasteiger partial charge < -0.3 is 9.84 Å². The largest absolute Gasteiger partial charge is 0.489 e. The van der Waals surface area contributed by atoms with Crippen LogP contribution in [0.1, 0.15) is 11.1 Å². The zero-order chi connectivity index (χ0) is 11.3. The van der Waals surface area contributed by atoms with E-state index in [2.05, 4.69) is 0 Å². The maximum atomic E-state index is 10.2. The number of carboxylic acids is 1. The van der Waals surface area contributed by atoms with Gasteiger partial charge in [-0.1, -0.05) is 18.2 Å². The summed E-state index contributed by atoms with van der Waals surface area (Å²) in [4.78, 5) is 10.2. The average molecular weight is 206 g/mol. The van der Waals surface area contributed by atoms with Gasteiger partial charge in [0, 0.05) is 6.08 Å². The van der Waals surface area contributed by atoms with E-state index < -0.39 is 5.97 Å². The first-order valence-corrected chi connectivity index (χ1v) is 4.69. The van der Waals surface area contributed by atoms with E-state index in [1.165, 1.54) is 6.08 Å². The molecule has 0 amide bonds. The van der Waals surface area contributed by atoms with Gasteiger partial charge >= 0.3 is 5.97 Å². The lowest BCUT2D eigenvalue weighted by molar-refractivity contribution is -0.131. The monoisotopic (exact) mass is 206 g/mol. The van der Waals surface area contributed by atoms with Crippen LogP contribution in [0.25, 0.3) is 0 Å². The summed E-state index contributed by atoms with van der Waals surface area (Å²) in [6.07, 6.45) is 2.56. The van der Waals surface area contributed by atoms with Gasteiger partial charge in [-0.3, -0.25) is 0 Å². The minimum absolute atomic E-state index is 0.276. The number of hydrogen-bond acceptors (Lipinski definition) is 2. The van der Waals surface area contributed by atoms with Crippen LogP contribution in [0.2, 0.25) is 0 Å². The lowest BCUT2D eigenvalue weighted by Gasteiger charge is -2.09.